The van der Waals surface area contributed by atoms with Crippen LogP contribution >= 0.6 is 23.4 Å². The van der Waals surface area contributed by atoms with Gasteiger partial charge in [-0.15, -0.1) is 0 Å². The molecule has 1 aromatic carbocycles. The molecule has 0 aliphatic carbocycles. The standard InChI is InChI=1S/C18H23ClN2O3S2/c1-3-12(4-2)17(22)20-18-21(9-13-7-5-6-8-14(13)19)15-10-26(23,24)11-16(15)25-18/h5-8,12,15-16H,3-4,9-11H2,1-2H3/t15-,16+/m1/s1. The van der Waals surface area contributed by atoms with Crippen LogP contribution in [0, 0.1) is 5.92 Å². The first kappa shape index (κ1) is 19.7. The summed E-state index contributed by atoms with van der Waals surface area (Å²) in [6, 6.07) is 7.34. The maximum absolute atomic E-state index is 12.5. The van der Waals surface area contributed by atoms with Crippen molar-refractivity contribution in [2.45, 2.75) is 44.5 Å². The van der Waals surface area contributed by atoms with Gasteiger partial charge in [0.05, 0.1) is 17.5 Å². The quantitative estimate of drug-likeness (QED) is 0.738. The second kappa shape index (κ2) is 7.90. The predicted octanol–water partition coefficient (Wildman–Crippen LogP) is 3.37. The van der Waals surface area contributed by atoms with Gasteiger partial charge in [-0.25, -0.2) is 8.42 Å². The average Bonchev–Trinajstić information content (AvgIpc) is 3.03. The van der Waals surface area contributed by atoms with Crippen molar-refractivity contribution in [1.82, 2.24) is 4.90 Å². The molecule has 0 N–H and O–H groups in total. The van der Waals surface area contributed by atoms with Gasteiger partial charge in [-0.3, -0.25) is 4.79 Å². The number of amides is 1. The molecule has 2 aliphatic rings. The molecule has 2 aliphatic heterocycles. The number of thioether (sulfide) groups is 1. The van der Waals surface area contributed by atoms with Gasteiger partial charge in [0.25, 0.3) is 5.91 Å². The largest absolute Gasteiger partial charge is 0.342 e. The molecule has 5 nitrogen and oxygen atoms in total. The third kappa shape index (κ3) is 4.10. The van der Waals surface area contributed by atoms with E-state index in [9.17, 15) is 13.2 Å². The van der Waals surface area contributed by atoms with Crippen molar-refractivity contribution in [3.05, 3.63) is 34.9 Å². The van der Waals surface area contributed by atoms with E-state index in [0.717, 1.165) is 18.4 Å². The lowest BCUT2D eigenvalue weighted by Gasteiger charge is -2.25. The van der Waals surface area contributed by atoms with Gasteiger partial charge in [-0.05, 0) is 24.5 Å². The fourth-order valence-electron chi connectivity index (χ4n) is 3.45. The molecule has 1 aromatic rings. The summed E-state index contributed by atoms with van der Waals surface area (Å²) in [5.41, 5.74) is 0.905. The number of hydrogen-bond acceptors (Lipinski definition) is 4. The van der Waals surface area contributed by atoms with E-state index < -0.39 is 9.84 Å². The Labute approximate surface area is 164 Å². The van der Waals surface area contributed by atoms with Crippen LogP contribution in [0.15, 0.2) is 29.3 Å². The first-order valence-corrected chi connectivity index (χ1v) is 11.9. The minimum atomic E-state index is -3.05. The lowest BCUT2D eigenvalue weighted by atomic mass is 10.0. The third-order valence-corrected chi connectivity index (χ3v) is 8.63. The molecule has 2 fully saturated rings. The Morgan fingerprint density at radius 1 is 1.31 bits per heavy atom. The van der Waals surface area contributed by atoms with Crippen LogP contribution in [0.2, 0.25) is 5.02 Å². The Bertz CT molecular complexity index is 821. The fraction of sp³-hybridized carbons (Fsp3) is 0.556. The Kier molecular flexibility index (Phi) is 5.99. The number of benzene rings is 1. The van der Waals surface area contributed by atoms with Crippen LogP contribution < -0.4 is 0 Å². The number of fused-ring (bicyclic) bond motifs is 1. The van der Waals surface area contributed by atoms with Crippen molar-refractivity contribution in [2.24, 2.45) is 10.9 Å². The number of halogens is 1. The van der Waals surface area contributed by atoms with Crippen molar-refractivity contribution in [3.8, 4) is 0 Å². The molecule has 2 saturated heterocycles. The van der Waals surface area contributed by atoms with Crippen molar-refractivity contribution in [2.75, 3.05) is 11.5 Å². The van der Waals surface area contributed by atoms with Gasteiger partial charge in [-0.1, -0.05) is 55.4 Å². The van der Waals surface area contributed by atoms with Gasteiger partial charge >= 0.3 is 0 Å². The summed E-state index contributed by atoms with van der Waals surface area (Å²) < 4.78 is 24.1. The molecular weight excluding hydrogens is 392 g/mol. The van der Waals surface area contributed by atoms with E-state index in [1.807, 2.05) is 43.0 Å². The Hall–Kier alpha value is -1.05. The molecule has 0 aromatic heterocycles. The smallest absolute Gasteiger partial charge is 0.251 e. The van der Waals surface area contributed by atoms with E-state index in [0.29, 0.717) is 16.7 Å². The van der Waals surface area contributed by atoms with Crippen LogP contribution in [0.1, 0.15) is 32.3 Å². The molecule has 0 unspecified atom stereocenters. The van der Waals surface area contributed by atoms with Gasteiger partial charge in [0.2, 0.25) is 0 Å². The number of carbonyl (C=O) groups is 1. The van der Waals surface area contributed by atoms with Crippen LogP contribution in [0.4, 0.5) is 0 Å². The molecular formula is C18H23ClN2O3S2. The maximum atomic E-state index is 12.5. The second-order valence-electron chi connectivity index (χ2n) is 6.77. The summed E-state index contributed by atoms with van der Waals surface area (Å²) in [4.78, 5) is 18.8. The van der Waals surface area contributed by atoms with Crippen molar-refractivity contribution >= 4 is 44.3 Å². The number of sulfone groups is 1. The van der Waals surface area contributed by atoms with Gasteiger partial charge in [-0.2, -0.15) is 4.99 Å². The van der Waals surface area contributed by atoms with E-state index in [-0.39, 0.29) is 34.6 Å². The molecule has 2 heterocycles. The summed E-state index contributed by atoms with van der Waals surface area (Å²) in [6.45, 7) is 4.42. The summed E-state index contributed by atoms with van der Waals surface area (Å²) in [5.74, 6) is 0.0336. The normalized spacial score (nSPS) is 25.8. The summed E-state index contributed by atoms with van der Waals surface area (Å²) in [6.07, 6.45) is 1.51. The minimum absolute atomic E-state index is 0.0734. The number of nitrogens with zero attached hydrogens (tertiary/aromatic N) is 2. The third-order valence-electron chi connectivity index (χ3n) is 5.01. The summed E-state index contributed by atoms with van der Waals surface area (Å²) in [7, 11) is -3.05. The second-order valence-corrected chi connectivity index (χ2v) is 10.5. The van der Waals surface area contributed by atoms with Gasteiger partial charge in [0.15, 0.2) is 15.0 Å². The molecule has 2 atom stereocenters. The van der Waals surface area contributed by atoms with Crippen molar-refractivity contribution in [1.29, 1.82) is 0 Å². The highest BCUT2D eigenvalue weighted by molar-refractivity contribution is 8.15. The zero-order valence-corrected chi connectivity index (χ0v) is 17.3. The van der Waals surface area contributed by atoms with Crippen LogP contribution in [0.25, 0.3) is 0 Å². The van der Waals surface area contributed by atoms with Gasteiger partial charge in [0.1, 0.15) is 0 Å². The Morgan fingerprint density at radius 2 is 2.00 bits per heavy atom. The van der Waals surface area contributed by atoms with E-state index in [2.05, 4.69) is 4.99 Å². The molecule has 142 valence electrons. The van der Waals surface area contributed by atoms with E-state index in [4.69, 9.17) is 11.6 Å². The van der Waals surface area contributed by atoms with Crippen molar-refractivity contribution in [3.63, 3.8) is 0 Å². The fourth-order valence-corrected chi connectivity index (χ4v) is 7.61. The number of amidine groups is 1. The molecule has 0 bridgehead atoms. The highest BCUT2D eigenvalue weighted by Crippen LogP contribution is 2.39. The lowest BCUT2D eigenvalue weighted by Crippen LogP contribution is -2.37. The summed E-state index contributed by atoms with van der Waals surface area (Å²) in [5, 5.41) is 1.19. The zero-order chi connectivity index (χ0) is 18.9. The topological polar surface area (TPSA) is 66.8 Å². The molecule has 0 spiro atoms. The molecule has 1 amide bonds. The van der Waals surface area contributed by atoms with Crippen LogP contribution in [-0.2, 0) is 21.2 Å². The van der Waals surface area contributed by atoms with Crippen LogP contribution in [0.3, 0.4) is 0 Å². The molecule has 8 heteroatoms. The zero-order valence-electron chi connectivity index (χ0n) is 14.9. The highest BCUT2D eigenvalue weighted by atomic mass is 35.5. The van der Waals surface area contributed by atoms with Gasteiger partial charge < -0.3 is 4.90 Å². The number of hydrogen-bond donors (Lipinski definition) is 0. The molecule has 0 saturated carbocycles. The van der Waals surface area contributed by atoms with E-state index in [1.54, 1.807) is 0 Å². The maximum Gasteiger partial charge on any atom is 0.251 e. The number of aliphatic imine (C=N–C) groups is 1. The first-order valence-electron chi connectivity index (χ1n) is 8.84. The first-order chi connectivity index (χ1) is 12.3. The van der Waals surface area contributed by atoms with E-state index in [1.165, 1.54) is 11.8 Å². The van der Waals surface area contributed by atoms with Crippen LogP contribution in [-0.4, -0.2) is 47.2 Å². The monoisotopic (exact) mass is 414 g/mol. The molecule has 3 rings (SSSR count). The Balaban J connectivity index is 1.91. The molecule has 26 heavy (non-hydrogen) atoms. The summed E-state index contributed by atoms with van der Waals surface area (Å²) >= 11 is 7.71. The van der Waals surface area contributed by atoms with Crippen LogP contribution in [0.5, 0.6) is 0 Å². The predicted molar refractivity (Wildman–Crippen MR) is 107 cm³/mol. The SMILES string of the molecule is CCC(CC)C(=O)N=C1S[C@H]2CS(=O)(=O)C[C@H]2N1Cc1ccccc1Cl. The minimum Gasteiger partial charge on any atom is -0.342 e. The highest BCUT2D eigenvalue weighted by Gasteiger charge is 2.48. The number of carbonyl (C=O) groups excluding carboxylic acids is 1. The lowest BCUT2D eigenvalue weighted by molar-refractivity contribution is -0.121. The number of rotatable bonds is 5. The van der Waals surface area contributed by atoms with E-state index >= 15 is 0 Å². The average molecular weight is 415 g/mol. The van der Waals surface area contributed by atoms with Gasteiger partial charge in [0, 0.05) is 22.7 Å². The molecule has 0 radical (unpaired) electrons. The van der Waals surface area contributed by atoms with Crippen molar-refractivity contribution < 1.29 is 13.2 Å². The Morgan fingerprint density at radius 3 is 2.65 bits per heavy atom.